The first kappa shape index (κ1) is 19.3. The van der Waals surface area contributed by atoms with Crippen molar-refractivity contribution in [3.63, 3.8) is 0 Å². The predicted molar refractivity (Wildman–Crippen MR) is 109 cm³/mol. The van der Waals surface area contributed by atoms with Crippen LogP contribution in [-0.4, -0.2) is 52.7 Å². The Morgan fingerprint density at radius 1 is 1.35 bits per heavy atom. The summed E-state index contributed by atoms with van der Waals surface area (Å²) in [5.41, 5.74) is 3.33. The Morgan fingerprint density at radius 3 is 2.88 bits per heavy atom. The molecule has 2 aromatic rings. The minimum atomic E-state index is -0.650. The highest BCUT2D eigenvalue weighted by molar-refractivity contribution is 7.11. The summed E-state index contributed by atoms with van der Waals surface area (Å²) < 4.78 is 0. The highest BCUT2D eigenvalue weighted by Gasteiger charge is 2.23. The summed E-state index contributed by atoms with van der Waals surface area (Å²) in [5, 5.41) is 14.8. The standard InChI is InChI=1S/C20H30N4OS/c1-20(2,25)14-24-9-8-17-15(12-24)6-5-7-18(17)21-11-19-22-10-16(26-19)13-23(3)4/h5-7,10,21,25H,8-9,11-14H2,1-4H3. The second-order valence-corrected chi connectivity index (χ2v) is 9.23. The molecule has 0 bridgehead atoms. The highest BCUT2D eigenvalue weighted by Crippen LogP contribution is 2.27. The van der Waals surface area contributed by atoms with Crippen LogP contribution in [0.15, 0.2) is 24.4 Å². The van der Waals surface area contributed by atoms with Crippen molar-refractivity contribution in [3.05, 3.63) is 45.4 Å². The molecule has 6 heteroatoms. The summed E-state index contributed by atoms with van der Waals surface area (Å²) >= 11 is 1.77. The third-order valence-electron chi connectivity index (χ3n) is 4.46. The number of aliphatic hydroxyl groups is 1. The van der Waals surface area contributed by atoms with E-state index in [2.05, 4.69) is 52.4 Å². The second-order valence-electron chi connectivity index (χ2n) is 8.03. The third kappa shape index (κ3) is 5.27. The van der Waals surface area contributed by atoms with Gasteiger partial charge in [-0.15, -0.1) is 11.3 Å². The molecule has 0 aliphatic carbocycles. The van der Waals surface area contributed by atoms with Crippen molar-refractivity contribution in [2.45, 2.75) is 45.5 Å². The van der Waals surface area contributed by atoms with Crippen LogP contribution < -0.4 is 5.32 Å². The normalized spacial score (nSPS) is 15.3. The van der Waals surface area contributed by atoms with E-state index in [1.165, 1.54) is 21.7 Å². The van der Waals surface area contributed by atoms with Gasteiger partial charge in [0.2, 0.25) is 0 Å². The van der Waals surface area contributed by atoms with Crippen molar-refractivity contribution < 1.29 is 5.11 Å². The van der Waals surface area contributed by atoms with Crippen LogP contribution in [0.3, 0.4) is 0 Å². The van der Waals surface area contributed by atoms with Gasteiger partial charge < -0.3 is 15.3 Å². The number of rotatable bonds is 7. The van der Waals surface area contributed by atoms with Gasteiger partial charge in [-0.05, 0) is 51.6 Å². The zero-order chi connectivity index (χ0) is 18.7. The van der Waals surface area contributed by atoms with Gasteiger partial charge in [0.15, 0.2) is 0 Å². The van der Waals surface area contributed by atoms with E-state index in [4.69, 9.17) is 0 Å². The third-order valence-corrected chi connectivity index (χ3v) is 5.44. The zero-order valence-corrected chi connectivity index (χ0v) is 17.1. The Labute approximate surface area is 160 Å². The van der Waals surface area contributed by atoms with Gasteiger partial charge >= 0.3 is 0 Å². The molecule has 142 valence electrons. The van der Waals surface area contributed by atoms with Crippen molar-refractivity contribution in [2.75, 3.05) is 32.5 Å². The number of nitrogens with zero attached hydrogens (tertiary/aromatic N) is 3. The van der Waals surface area contributed by atoms with Crippen LogP contribution in [0.25, 0.3) is 0 Å². The Kier molecular flexibility index (Phi) is 5.97. The molecule has 3 rings (SSSR count). The molecule has 1 aromatic carbocycles. The molecule has 2 N–H and O–H groups in total. The van der Waals surface area contributed by atoms with E-state index in [0.717, 1.165) is 37.6 Å². The van der Waals surface area contributed by atoms with E-state index in [1.807, 2.05) is 20.0 Å². The van der Waals surface area contributed by atoms with Crippen LogP contribution in [0.2, 0.25) is 0 Å². The van der Waals surface area contributed by atoms with Gasteiger partial charge in [0.25, 0.3) is 0 Å². The Hall–Kier alpha value is -1.47. The Morgan fingerprint density at radius 2 is 2.15 bits per heavy atom. The molecule has 1 aromatic heterocycles. The molecule has 0 atom stereocenters. The maximum absolute atomic E-state index is 10.1. The molecule has 0 radical (unpaired) electrons. The summed E-state index contributed by atoms with van der Waals surface area (Å²) in [6, 6.07) is 6.49. The molecule has 0 saturated carbocycles. The van der Waals surface area contributed by atoms with Crippen LogP contribution in [-0.2, 0) is 26.1 Å². The SMILES string of the molecule is CN(C)Cc1cnc(CNc2cccc3c2CCN(CC(C)(C)O)C3)s1. The Balaban J connectivity index is 1.64. The molecule has 2 heterocycles. The summed E-state index contributed by atoms with van der Waals surface area (Å²) in [6.45, 7) is 8.05. The van der Waals surface area contributed by atoms with E-state index in [1.54, 1.807) is 11.3 Å². The molecule has 5 nitrogen and oxygen atoms in total. The van der Waals surface area contributed by atoms with Gasteiger partial charge in [-0.25, -0.2) is 4.98 Å². The summed E-state index contributed by atoms with van der Waals surface area (Å²) in [4.78, 5) is 10.3. The van der Waals surface area contributed by atoms with Crippen molar-refractivity contribution in [1.29, 1.82) is 0 Å². The van der Waals surface area contributed by atoms with E-state index < -0.39 is 5.60 Å². The van der Waals surface area contributed by atoms with Gasteiger partial charge in [-0.2, -0.15) is 0 Å². The quantitative estimate of drug-likeness (QED) is 0.780. The Bertz CT molecular complexity index is 736. The molecule has 1 aliphatic rings. The molecular formula is C20H30N4OS. The van der Waals surface area contributed by atoms with Crippen LogP contribution in [0.5, 0.6) is 0 Å². The lowest BCUT2D eigenvalue weighted by molar-refractivity contribution is 0.0318. The molecule has 0 unspecified atom stereocenters. The summed E-state index contributed by atoms with van der Waals surface area (Å²) in [6.07, 6.45) is 3.00. The number of aromatic nitrogens is 1. The topological polar surface area (TPSA) is 51.6 Å². The first-order valence-electron chi connectivity index (χ1n) is 9.18. The number of nitrogens with one attached hydrogen (secondary N) is 1. The first-order valence-corrected chi connectivity index (χ1v) is 9.99. The average Bonchev–Trinajstić information content (AvgIpc) is 2.97. The van der Waals surface area contributed by atoms with Crippen molar-refractivity contribution in [2.24, 2.45) is 0 Å². The molecule has 0 amide bonds. The zero-order valence-electron chi connectivity index (χ0n) is 16.2. The number of hydrogen-bond donors (Lipinski definition) is 2. The number of β-amino-alcohol motifs (C(OH)–C–C–N with tert-alkyl or cyclic N) is 1. The molecule has 26 heavy (non-hydrogen) atoms. The largest absolute Gasteiger partial charge is 0.389 e. The van der Waals surface area contributed by atoms with Gasteiger partial charge in [0, 0.05) is 42.9 Å². The fourth-order valence-electron chi connectivity index (χ4n) is 3.50. The fraction of sp³-hybridized carbons (Fsp3) is 0.550. The first-order chi connectivity index (χ1) is 12.3. The van der Waals surface area contributed by atoms with Gasteiger partial charge in [-0.1, -0.05) is 12.1 Å². The summed E-state index contributed by atoms with van der Waals surface area (Å²) in [5.74, 6) is 0. The summed E-state index contributed by atoms with van der Waals surface area (Å²) in [7, 11) is 4.16. The molecule has 0 fully saturated rings. The number of benzene rings is 1. The monoisotopic (exact) mass is 374 g/mol. The second kappa shape index (κ2) is 8.05. The number of anilines is 1. The number of fused-ring (bicyclic) bond motifs is 1. The van der Waals surface area contributed by atoms with Crippen LogP contribution in [0, 0.1) is 0 Å². The predicted octanol–water partition coefficient (Wildman–Crippen LogP) is 2.95. The van der Waals surface area contributed by atoms with E-state index in [0.29, 0.717) is 6.54 Å². The van der Waals surface area contributed by atoms with Gasteiger partial charge in [-0.3, -0.25) is 4.90 Å². The minimum absolute atomic E-state index is 0.650. The lowest BCUT2D eigenvalue weighted by Crippen LogP contribution is -2.41. The van der Waals surface area contributed by atoms with E-state index >= 15 is 0 Å². The molecule has 0 spiro atoms. The van der Waals surface area contributed by atoms with Crippen LogP contribution >= 0.6 is 11.3 Å². The van der Waals surface area contributed by atoms with E-state index in [9.17, 15) is 5.11 Å². The molecule has 1 aliphatic heterocycles. The smallest absolute Gasteiger partial charge is 0.112 e. The van der Waals surface area contributed by atoms with Crippen molar-refractivity contribution in [1.82, 2.24) is 14.8 Å². The van der Waals surface area contributed by atoms with Crippen molar-refractivity contribution in [3.8, 4) is 0 Å². The van der Waals surface area contributed by atoms with Crippen LogP contribution in [0.1, 0.15) is 34.9 Å². The number of thiazole rings is 1. The highest BCUT2D eigenvalue weighted by atomic mass is 32.1. The average molecular weight is 375 g/mol. The van der Waals surface area contributed by atoms with Crippen LogP contribution in [0.4, 0.5) is 5.69 Å². The number of hydrogen-bond acceptors (Lipinski definition) is 6. The van der Waals surface area contributed by atoms with Crippen molar-refractivity contribution >= 4 is 17.0 Å². The molecular weight excluding hydrogens is 344 g/mol. The van der Waals surface area contributed by atoms with Gasteiger partial charge in [0.1, 0.15) is 5.01 Å². The van der Waals surface area contributed by atoms with Gasteiger partial charge in [0.05, 0.1) is 12.1 Å². The lowest BCUT2D eigenvalue weighted by Gasteiger charge is -2.33. The maximum Gasteiger partial charge on any atom is 0.112 e. The minimum Gasteiger partial charge on any atom is -0.389 e. The molecule has 0 saturated heterocycles. The fourth-order valence-corrected chi connectivity index (χ4v) is 4.48. The lowest BCUT2D eigenvalue weighted by atomic mass is 9.96. The van der Waals surface area contributed by atoms with E-state index in [-0.39, 0.29) is 0 Å². The maximum atomic E-state index is 10.1.